The molecule has 0 radical (unpaired) electrons. The van der Waals surface area contributed by atoms with Crippen LogP contribution in [0.3, 0.4) is 0 Å². The van der Waals surface area contributed by atoms with Crippen LogP contribution in [-0.4, -0.2) is 20.2 Å². The van der Waals surface area contributed by atoms with Gasteiger partial charge in [-0.25, -0.2) is 0 Å². The van der Waals surface area contributed by atoms with Gasteiger partial charge in [-0.3, -0.25) is 0 Å². The van der Waals surface area contributed by atoms with E-state index in [1.165, 1.54) is 15.9 Å². The first kappa shape index (κ1) is 13.2. The summed E-state index contributed by atoms with van der Waals surface area (Å²) < 4.78 is 1.14. The molecule has 5 nitrogen and oxygen atoms in total. The van der Waals surface area contributed by atoms with Crippen molar-refractivity contribution in [3.05, 3.63) is 39.1 Å². The van der Waals surface area contributed by atoms with Crippen LogP contribution in [0.25, 0.3) is 0 Å². The molecule has 0 bridgehead atoms. The average Bonchev–Trinajstić information content (AvgIpc) is 2.71. The Morgan fingerprint density at radius 1 is 1.33 bits per heavy atom. The van der Waals surface area contributed by atoms with Gasteiger partial charge in [0.15, 0.2) is 5.82 Å². The summed E-state index contributed by atoms with van der Waals surface area (Å²) in [6.45, 7) is 4.13. The summed E-state index contributed by atoms with van der Waals surface area (Å²) in [5.74, 6) is 0.670. The van der Waals surface area contributed by atoms with Crippen LogP contribution in [-0.2, 0) is 13.5 Å². The van der Waals surface area contributed by atoms with Crippen LogP contribution >= 0.6 is 15.9 Å². The van der Waals surface area contributed by atoms with Crippen LogP contribution in [0.5, 0.6) is 0 Å². The first-order valence-corrected chi connectivity index (χ1v) is 6.51. The van der Waals surface area contributed by atoms with Gasteiger partial charge in [-0.15, -0.1) is 10.2 Å². The van der Waals surface area contributed by atoms with Crippen LogP contribution < -0.4 is 5.73 Å². The van der Waals surface area contributed by atoms with Gasteiger partial charge in [-0.2, -0.15) is 4.80 Å². The number of rotatable bonds is 3. The second-order valence-corrected chi connectivity index (χ2v) is 5.27. The molecule has 1 heterocycles. The molecule has 96 valence electrons. The molecule has 0 fully saturated rings. The fourth-order valence-corrected chi connectivity index (χ4v) is 2.14. The number of aryl methyl sites for hydroxylation is 3. The molecule has 0 saturated carbocycles. The number of nitrogens with two attached hydrogens (primary N) is 1. The number of benzene rings is 1. The largest absolute Gasteiger partial charge is 0.324 e. The Hall–Kier alpha value is -1.27. The lowest BCUT2D eigenvalue weighted by atomic mass is 10.00. The molecule has 2 rings (SSSR count). The van der Waals surface area contributed by atoms with Gasteiger partial charge in [0.2, 0.25) is 0 Å². The fraction of sp³-hybridized carbons (Fsp3) is 0.417. The number of nitrogens with zero attached hydrogens (tertiary/aromatic N) is 4. The van der Waals surface area contributed by atoms with E-state index in [0.717, 1.165) is 10.0 Å². The van der Waals surface area contributed by atoms with Crippen molar-refractivity contribution >= 4 is 15.9 Å². The van der Waals surface area contributed by atoms with Crippen molar-refractivity contribution in [3.63, 3.8) is 0 Å². The number of halogens is 1. The first-order valence-electron chi connectivity index (χ1n) is 5.72. The Morgan fingerprint density at radius 2 is 1.94 bits per heavy atom. The van der Waals surface area contributed by atoms with Gasteiger partial charge >= 0.3 is 0 Å². The third-order valence-electron chi connectivity index (χ3n) is 2.84. The van der Waals surface area contributed by atoms with Crippen molar-refractivity contribution in [2.75, 3.05) is 0 Å². The van der Waals surface area contributed by atoms with Crippen LogP contribution in [0.15, 0.2) is 16.6 Å². The summed E-state index contributed by atoms with van der Waals surface area (Å²) in [7, 11) is 1.75. The Balaban J connectivity index is 2.21. The molecule has 0 amide bonds. The normalized spacial score (nSPS) is 12.7. The van der Waals surface area contributed by atoms with Gasteiger partial charge in [0.1, 0.15) is 0 Å². The Labute approximate surface area is 115 Å². The Kier molecular flexibility index (Phi) is 3.77. The van der Waals surface area contributed by atoms with E-state index in [1.54, 1.807) is 7.05 Å². The topological polar surface area (TPSA) is 69.6 Å². The van der Waals surface area contributed by atoms with Gasteiger partial charge in [0, 0.05) is 16.9 Å². The minimum Gasteiger partial charge on any atom is -0.324 e. The van der Waals surface area contributed by atoms with Crippen molar-refractivity contribution in [1.29, 1.82) is 0 Å². The summed E-state index contributed by atoms with van der Waals surface area (Å²) in [5, 5.41) is 11.9. The van der Waals surface area contributed by atoms with Crippen molar-refractivity contribution in [2.45, 2.75) is 26.3 Å². The van der Waals surface area contributed by atoms with E-state index in [4.69, 9.17) is 5.73 Å². The maximum Gasteiger partial charge on any atom is 0.176 e. The standard InChI is InChI=1S/C12H16BrN5/c1-7-4-9(5-8(2)12(7)13)10(14)6-11-15-17-18(3)16-11/h4-5,10H,6,14H2,1-3H3. The minimum absolute atomic E-state index is 0.111. The molecule has 6 heteroatoms. The van der Waals surface area contributed by atoms with Crippen molar-refractivity contribution < 1.29 is 0 Å². The van der Waals surface area contributed by atoms with Crippen molar-refractivity contribution in [1.82, 2.24) is 20.2 Å². The molecular weight excluding hydrogens is 294 g/mol. The summed E-state index contributed by atoms with van der Waals surface area (Å²) in [5.41, 5.74) is 9.66. The highest BCUT2D eigenvalue weighted by Gasteiger charge is 2.13. The van der Waals surface area contributed by atoms with E-state index in [0.29, 0.717) is 12.2 Å². The van der Waals surface area contributed by atoms with E-state index in [-0.39, 0.29) is 6.04 Å². The van der Waals surface area contributed by atoms with E-state index in [2.05, 4.69) is 57.3 Å². The predicted molar refractivity (Wildman–Crippen MR) is 73.0 cm³/mol. The quantitative estimate of drug-likeness (QED) is 0.939. The maximum atomic E-state index is 6.19. The van der Waals surface area contributed by atoms with Crippen LogP contribution in [0.2, 0.25) is 0 Å². The third kappa shape index (κ3) is 2.76. The van der Waals surface area contributed by atoms with Crippen molar-refractivity contribution in [2.24, 2.45) is 12.8 Å². The van der Waals surface area contributed by atoms with E-state index in [1.807, 2.05) is 0 Å². The molecule has 1 aromatic heterocycles. The van der Waals surface area contributed by atoms with Crippen LogP contribution in [0, 0.1) is 13.8 Å². The molecular formula is C12H16BrN5. The maximum absolute atomic E-state index is 6.19. The lowest BCUT2D eigenvalue weighted by Gasteiger charge is -2.13. The molecule has 2 N–H and O–H groups in total. The molecule has 1 atom stereocenters. The molecule has 18 heavy (non-hydrogen) atoms. The molecule has 0 aliphatic carbocycles. The van der Waals surface area contributed by atoms with Gasteiger partial charge in [-0.1, -0.05) is 28.1 Å². The summed E-state index contributed by atoms with van der Waals surface area (Å²) in [6.07, 6.45) is 0.592. The lowest BCUT2D eigenvalue weighted by molar-refractivity contribution is 0.622. The number of hydrogen-bond acceptors (Lipinski definition) is 4. The van der Waals surface area contributed by atoms with Gasteiger partial charge in [-0.05, 0) is 35.8 Å². The summed E-state index contributed by atoms with van der Waals surface area (Å²) >= 11 is 3.55. The molecule has 1 aromatic carbocycles. The smallest absolute Gasteiger partial charge is 0.176 e. The van der Waals surface area contributed by atoms with E-state index in [9.17, 15) is 0 Å². The highest BCUT2D eigenvalue weighted by atomic mass is 79.9. The fourth-order valence-electron chi connectivity index (χ4n) is 1.91. The zero-order chi connectivity index (χ0) is 13.3. The Morgan fingerprint density at radius 3 is 2.44 bits per heavy atom. The minimum atomic E-state index is -0.111. The zero-order valence-corrected chi connectivity index (χ0v) is 12.3. The molecule has 1 unspecified atom stereocenters. The molecule has 0 spiro atoms. The molecule has 0 aliphatic heterocycles. The van der Waals surface area contributed by atoms with Crippen LogP contribution in [0.1, 0.15) is 28.6 Å². The van der Waals surface area contributed by atoms with Gasteiger partial charge in [0.25, 0.3) is 0 Å². The Bertz CT molecular complexity index is 540. The average molecular weight is 310 g/mol. The lowest BCUT2D eigenvalue weighted by Crippen LogP contribution is -2.15. The van der Waals surface area contributed by atoms with E-state index >= 15 is 0 Å². The summed E-state index contributed by atoms with van der Waals surface area (Å²) in [6, 6.07) is 4.08. The number of tetrazole rings is 1. The van der Waals surface area contributed by atoms with Gasteiger partial charge in [0.05, 0.1) is 7.05 Å². The van der Waals surface area contributed by atoms with Crippen molar-refractivity contribution in [3.8, 4) is 0 Å². The monoisotopic (exact) mass is 309 g/mol. The first-order chi connectivity index (χ1) is 8.47. The number of hydrogen-bond donors (Lipinski definition) is 1. The second-order valence-electron chi connectivity index (χ2n) is 4.47. The molecule has 0 saturated heterocycles. The predicted octanol–water partition coefficient (Wildman–Crippen LogP) is 1.83. The van der Waals surface area contributed by atoms with Crippen LogP contribution in [0.4, 0.5) is 0 Å². The molecule has 2 aromatic rings. The summed E-state index contributed by atoms with van der Waals surface area (Å²) in [4.78, 5) is 1.44. The second kappa shape index (κ2) is 5.16. The SMILES string of the molecule is Cc1cc(C(N)Cc2nnn(C)n2)cc(C)c1Br. The highest BCUT2D eigenvalue weighted by Crippen LogP contribution is 2.25. The molecule has 0 aliphatic rings. The van der Waals surface area contributed by atoms with E-state index < -0.39 is 0 Å². The zero-order valence-electron chi connectivity index (χ0n) is 10.7. The number of aromatic nitrogens is 4. The third-order valence-corrected chi connectivity index (χ3v) is 4.09. The highest BCUT2D eigenvalue weighted by molar-refractivity contribution is 9.10. The van der Waals surface area contributed by atoms with Gasteiger partial charge < -0.3 is 5.73 Å².